The van der Waals surface area contributed by atoms with Crippen LogP contribution in [0.15, 0.2) is 25.7 Å². The number of nitriles is 2. The van der Waals surface area contributed by atoms with Crippen LogP contribution in [-0.2, 0) is 0 Å². The summed E-state index contributed by atoms with van der Waals surface area (Å²) in [6.45, 7) is 4.04. The molecule has 0 amide bonds. The standard InChI is InChI=1S/C12H9N3S2/c1-6-3-9(15)11-10(7(6)2)16-12(17-11)8(4-13)5-14/h3H,15H2,1-2H3. The predicted octanol–water partition coefficient (Wildman–Crippen LogP) is 3.34. The molecule has 84 valence electrons. The predicted molar refractivity (Wildman–Crippen MR) is 70.3 cm³/mol. The lowest BCUT2D eigenvalue weighted by Gasteiger charge is -2.07. The molecule has 1 aromatic carbocycles. The van der Waals surface area contributed by atoms with Crippen LogP contribution < -0.4 is 5.73 Å². The van der Waals surface area contributed by atoms with Gasteiger partial charge in [-0.25, -0.2) is 0 Å². The van der Waals surface area contributed by atoms with Crippen LogP contribution in [0.2, 0.25) is 0 Å². The first kappa shape index (κ1) is 11.9. The van der Waals surface area contributed by atoms with Crippen LogP contribution >= 0.6 is 23.5 Å². The Morgan fingerprint density at radius 2 is 1.76 bits per heavy atom. The fraction of sp³-hybridized carbons (Fsp3) is 0.167. The van der Waals surface area contributed by atoms with Gasteiger partial charge in [0.1, 0.15) is 17.7 Å². The number of aryl methyl sites for hydroxylation is 1. The van der Waals surface area contributed by atoms with Gasteiger partial charge >= 0.3 is 0 Å². The zero-order valence-electron chi connectivity index (χ0n) is 9.37. The highest BCUT2D eigenvalue weighted by Crippen LogP contribution is 2.55. The highest BCUT2D eigenvalue weighted by atomic mass is 32.2. The van der Waals surface area contributed by atoms with Gasteiger partial charge in [-0.05, 0) is 31.0 Å². The average molecular weight is 259 g/mol. The Hall–Kier alpha value is -1.56. The molecule has 0 saturated carbocycles. The number of fused-ring (bicyclic) bond motifs is 1. The average Bonchev–Trinajstić information content (AvgIpc) is 2.73. The number of nitrogens with zero attached hydrogens (tertiary/aromatic N) is 2. The van der Waals surface area contributed by atoms with E-state index in [1.807, 2.05) is 32.1 Å². The highest BCUT2D eigenvalue weighted by molar-refractivity contribution is 8.24. The number of rotatable bonds is 0. The maximum Gasteiger partial charge on any atom is 0.150 e. The molecule has 0 atom stereocenters. The summed E-state index contributed by atoms with van der Waals surface area (Å²) < 4.78 is 0.727. The lowest BCUT2D eigenvalue weighted by molar-refractivity contribution is 1.15. The van der Waals surface area contributed by atoms with E-state index in [2.05, 4.69) is 0 Å². The van der Waals surface area contributed by atoms with Crippen LogP contribution in [0.5, 0.6) is 0 Å². The van der Waals surface area contributed by atoms with Crippen LogP contribution in [-0.4, -0.2) is 0 Å². The third-order valence-electron chi connectivity index (χ3n) is 2.59. The van der Waals surface area contributed by atoms with Crippen molar-refractivity contribution in [1.29, 1.82) is 10.5 Å². The molecule has 0 aliphatic carbocycles. The highest BCUT2D eigenvalue weighted by Gasteiger charge is 2.25. The van der Waals surface area contributed by atoms with E-state index in [0.29, 0.717) is 5.69 Å². The van der Waals surface area contributed by atoms with Gasteiger partial charge in [0, 0.05) is 10.6 Å². The van der Waals surface area contributed by atoms with Crippen LogP contribution in [0.3, 0.4) is 0 Å². The lowest BCUT2D eigenvalue weighted by Crippen LogP contribution is -1.92. The Labute approximate surface area is 108 Å². The summed E-state index contributed by atoms with van der Waals surface area (Å²) in [5.41, 5.74) is 9.13. The molecule has 1 heterocycles. The third-order valence-corrected chi connectivity index (χ3v) is 5.36. The topological polar surface area (TPSA) is 73.6 Å². The number of nitrogens with two attached hydrogens (primary N) is 1. The van der Waals surface area contributed by atoms with Crippen molar-refractivity contribution >= 4 is 29.2 Å². The molecule has 2 N–H and O–H groups in total. The first-order chi connectivity index (χ1) is 8.08. The van der Waals surface area contributed by atoms with Gasteiger partial charge in [0.05, 0.1) is 9.13 Å². The van der Waals surface area contributed by atoms with Gasteiger partial charge in [0.25, 0.3) is 0 Å². The second-order valence-corrected chi connectivity index (χ2v) is 5.96. The summed E-state index contributed by atoms with van der Waals surface area (Å²) in [5, 5.41) is 17.7. The smallest absolute Gasteiger partial charge is 0.150 e. The van der Waals surface area contributed by atoms with Crippen LogP contribution in [0.4, 0.5) is 5.69 Å². The van der Waals surface area contributed by atoms with Crippen LogP contribution in [0.25, 0.3) is 0 Å². The number of anilines is 1. The number of thioether (sulfide) groups is 2. The van der Waals surface area contributed by atoms with E-state index in [1.54, 1.807) is 0 Å². The zero-order chi connectivity index (χ0) is 12.6. The number of nitrogen functional groups attached to an aromatic ring is 1. The minimum absolute atomic E-state index is 0.160. The number of allylic oxidation sites excluding steroid dienone is 1. The van der Waals surface area contributed by atoms with Crippen molar-refractivity contribution in [3.05, 3.63) is 27.0 Å². The monoisotopic (exact) mass is 259 g/mol. The summed E-state index contributed by atoms with van der Waals surface area (Å²) >= 11 is 2.88. The molecule has 1 aliphatic rings. The Balaban J connectivity index is 2.60. The first-order valence-corrected chi connectivity index (χ1v) is 6.51. The maximum absolute atomic E-state index is 8.87. The maximum atomic E-state index is 8.87. The van der Waals surface area contributed by atoms with Crippen LogP contribution in [0.1, 0.15) is 11.1 Å². The Bertz CT molecular complexity index is 602. The van der Waals surface area contributed by atoms with E-state index in [4.69, 9.17) is 16.3 Å². The normalized spacial score (nSPS) is 12.8. The molecule has 3 nitrogen and oxygen atoms in total. The van der Waals surface area contributed by atoms with E-state index in [0.717, 1.165) is 25.2 Å². The molecule has 0 radical (unpaired) electrons. The Morgan fingerprint density at radius 1 is 1.18 bits per heavy atom. The summed E-state index contributed by atoms with van der Waals surface area (Å²) in [6, 6.07) is 5.77. The minimum atomic E-state index is 0.160. The molecular weight excluding hydrogens is 250 g/mol. The van der Waals surface area contributed by atoms with Gasteiger partial charge in [0.15, 0.2) is 0 Å². The van der Waals surface area contributed by atoms with Crippen molar-refractivity contribution < 1.29 is 0 Å². The zero-order valence-corrected chi connectivity index (χ0v) is 11.0. The Morgan fingerprint density at radius 3 is 2.35 bits per heavy atom. The van der Waals surface area contributed by atoms with Crippen molar-refractivity contribution in [3.63, 3.8) is 0 Å². The molecular formula is C12H9N3S2. The van der Waals surface area contributed by atoms with E-state index in [-0.39, 0.29) is 5.57 Å². The molecule has 0 spiro atoms. The quantitative estimate of drug-likeness (QED) is 0.571. The molecule has 2 rings (SSSR count). The first-order valence-electron chi connectivity index (χ1n) is 4.88. The molecule has 1 aromatic rings. The van der Waals surface area contributed by atoms with E-state index in [1.165, 1.54) is 23.5 Å². The number of hydrogen-bond acceptors (Lipinski definition) is 5. The second-order valence-electron chi connectivity index (χ2n) is 3.66. The van der Waals surface area contributed by atoms with Crippen molar-refractivity contribution in [1.82, 2.24) is 0 Å². The molecule has 5 heteroatoms. The molecule has 1 aliphatic heterocycles. The van der Waals surface area contributed by atoms with Crippen LogP contribution in [0, 0.1) is 36.5 Å². The largest absolute Gasteiger partial charge is 0.398 e. The van der Waals surface area contributed by atoms with Gasteiger partial charge in [-0.2, -0.15) is 10.5 Å². The Kier molecular flexibility index (Phi) is 3.06. The number of hydrogen-bond donors (Lipinski definition) is 1. The fourth-order valence-corrected chi connectivity index (χ4v) is 4.16. The van der Waals surface area contributed by atoms with E-state index >= 15 is 0 Å². The second kappa shape index (κ2) is 4.37. The molecule has 17 heavy (non-hydrogen) atoms. The molecule has 0 saturated heterocycles. The number of benzene rings is 1. The van der Waals surface area contributed by atoms with E-state index < -0.39 is 0 Å². The summed E-state index contributed by atoms with van der Waals surface area (Å²) in [6.07, 6.45) is 0. The van der Waals surface area contributed by atoms with Gasteiger partial charge < -0.3 is 5.73 Å². The van der Waals surface area contributed by atoms with Gasteiger partial charge in [-0.3, -0.25) is 0 Å². The SMILES string of the molecule is Cc1cc(N)c2c(c1C)SC(=C(C#N)C#N)S2. The summed E-state index contributed by atoms with van der Waals surface area (Å²) in [5.74, 6) is 0. The van der Waals surface area contributed by atoms with Crippen molar-refractivity contribution in [2.45, 2.75) is 23.6 Å². The van der Waals surface area contributed by atoms with E-state index in [9.17, 15) is 0 Å². The molecule has 0 unspecified atom stereocenters. The van der Waals surface area contributed by atoms with Gasteiger partial charge in [0.2, 0.25) is 0 Å². The lowest BCUT2D eigenvalue weighted by atomic mass is 10.1. The summed E-state index contributed by atoms with van der Waals surface area (Å²) in [4.78, 5) is 2.04. The molecule has 0 aromatic heterocycles. The van der Waals surface area contributed by atoms with Crippen molar-refractivity contribution in [2.24, 2.45) is 0 Å². The minimum Gasteiger partial charge on any atom is -0.398 e. The third kappa shape index (κ3) is 1.88. The molecule has 0 fully saturated rings. The molecule has 0 bridgehead atoms. The van der Waals surface area contributed by atoms with Crippen molar-refractivity contribution in [2.75, 3.05) is 5.73 Å². The van der Waals surface area contributed by atoms with Gasteiger partial charge in [-0.1, -0.05) is 23.5 Å². The van der Waals surface area contributed by atoms with Crippen molar-refractivity contribution in [3.8, 4) is 12.1 Å². The van der Waals surface area contributed by atoms with Gasteiger partial charge in [-0.15, -0.1) is 0 Å². The fourth-order valence-electron chi connectivity index (χ4n) is 1.54. The summed E-state index contributed by atoms with van der Waals surface area (Å²) in [7, 11) is 0.